The molecule has 0 aliphatic rings. The maximum absolute atomic E-state index is 11.0. The summed E-state index contributed by atoms with van der Waals surface area (Å²) in [6, 6.07) is 14.5. The third-order valence-corrected chi connectivity index (χ3v) is 5.22. The Kier molecular flexibility index (Phi) is 7.78. The molecule has 0 spiro atoms. The summed E-state index contributed by atoms with van der Waals surface area (Å²) >= 11 is 0. The zero-order chi connectivity index (χ0) is 19.0. The van der Waals surface area contributed by atoms with Gasteiger partial charge in [0.05, 0.1) is 18.1 Å². The maximum atomic E-state index is 11.0. The van der Waals surface area contributed by atoms with Gasteiger partial charge in [-0.15, -0.1) is 0 Å². The van der Waals surface area contributed by atoms with E-state index in [9.17, 15) is 8.42 Å². The molecule has 0 amide bonds. The lowest BCUT2D eigenvalue weighted by molar-refractivity contribution is -0.0604. The second kappa shape index (κ2) is 9.83. The molecule has 5 nitrogen and oxygen atoms in total. The van der Waals surface area contributed by atoms with Gasteiger partial charge in [0.25, 0.3) is 10.1 Å². The van der Waals surface area contributed by atoms with Gasteiger partial charge in [0.2, 0.25) is 0 Å². The molecular weight excluding hydrogens is 352 g/mol. The van der Waals surface area contributed by atoms with Gasteiger partial charge in [0.15, 0.2) is 0 Å². The highest BCUT2D eigenvalue weighted by Crippen LogP contribution is 2.19. The standard InChI is InChI=1S/C20H26O5S/c1-3-16(2)19-8-4-18(5-9-19)14-25-15-24-13-12-17-6-10-20(11-7-17)26(21,22)23/h4-11,16H,3,12-15H2,1-2H3,(H,21,22,23). The summed E-state index contributed by atoms with van der Waals surface area (Å²) in [5.74, 6) is 0.569. The fourth-order valence-corrected chi connectivity index (χ4v) is 2.95. The molecule has 2 aromatic rings. The van der Waals surface area contributed by atoms with Crippen LogP contribution in [-0.2, 0) is 32.6 Å². The summed E-state index contributed by atoms with van der Waals surface area (Å²) in [5, 5.41) is 0. The first kappa shape index (κ1) is 20.6. The molecule has 0 bridgehead atoms. The smallest absolute Gasteiger partial charge is 0.294 e. The van der Waals surface area contributed by atoms with E-state index in [1.165, 1.54) is 17.7 Å². The van der Waals surface area contributed by atoms with Crippen LogP contribution in [-0.4, -0.2) is 26.4 Å². The van der Waals surface area contributed by atoms with E-state index >= 15 is 0 Å². The van der Waals surface area contributed by atoms with Crippen molar-refractivity contribution in [2.24, 2.45) is 0 Å². The quantitative estimate of drug-likeness (QED) is 0.381. The molecule has 0 heterocycles. The highest BCUT2D eigenvalue weighted by molar-refractivity contribution is 7.85. The lowest BCUT2D eigenvalue weighted by atomic mass is 9.98. The molecule has 0 saturated heterocycles. The van der Waals surface area contributed by atoms with Crippen LogP contribution in [0.1, 0.15) is 42.9 Å². The summed E-state index contributed by atoms with van der Waals surface area (Å²) in [6.45, 7) is 5.58. The SMILES string of the molecule is CCC(C)c1ccc(COCOCCc2ccc(S(=O)(=O)O)cc2)cc1. The van der Waals surface area contributed by atoms with Gasteiger partial charge in [0, 0.05) is 0 Å². The zero-order valence-electron chi connectivity index (χ0n) is 15.2. The van der Waals surface area contributed by atoms with Crippen LogP contribution in [0.2, 0.25) is 0 Å². The molecule has 0 fully saturated rings. The number of ether oxygens (including phenoxy) is 2. The molecule has 2 aromatic carbocycles. The third kappa shape index (κ3) is 6.53. The second-order valence-corrected chi connectivity index (χ2v) is 7.72. The van der Waals surface area contributed by atoms with Gasteiger partial charge in [-0.1, -0.05) is 50.2 Å². The minimum atomic E-state index is -4.14. The molecule has 0 radical (unpaired) electrons. The van der Waals surface area contributed by atoms with E-state index < -0.39 is 10.1 Å². The van der Waals surface area contributed by atoms with E-state index in [2.05, 4.69) is 38.1 Å². The molecule has 1 atom stereocenters. The van der Waals surface area contributed by atoms with E-state index in [0.717, 1.165) is 17.5 Å². The van der Waals surface area contributed by atoms with Crippen LogP contribution < -0.4 is 0 Å². The largest absolute Gasteiger partial charge is 0.355 e. The van der Waals surface area contributed by atoms with Crippen molar-refractivity contribution in [3.8, 4) is 0 Å². The van der Waals surface area contributed by atoms with Crippen LogP contribution in [0, 0.1) is 0 Å². The van der Waals surface area contributed by atoms with Crippen LogP contribution >= 0.6 is 0 Å². The minimum Gasteiger partial charge on any atom is -0.355 e. The molecule has 1 unspecified atom stereocenters. The van der Waals surface area contributed by atoms with Crippen molar-refractivity contribution in [1.82, 2.24) is 0 Å². The number of hydrogen-bond acceptors (Lipinski definition) is 4. The van der Waals surface area contributed by atoms with E-state index in [0.29, 0.717) is 25.6 Å². The molecule has 0 aromatic heterocycles. The highest BCUT2D eigenvalue weighted by Gasteiger charge is 2.08. The van der Waals surface area contributed by atoms with E-state index in [-0.39, 0.29) is 11.7 Å². The monoisotopic (exact) mass is 378 g/mol. The van der Waals surface area contributed by atoms with Crippen molar-refractivity contribution in [2.75, 3.05) is 13.4 Å². The Morgan fingerprint density at radius 3 is 2.15 bits per heavy atom. The molecule has 142 valence electrons. The predicted octanol–water partition coefficient (Wildman–Crippen LogP) is 4.18. The van der Waals surface area contributed by atoms with Crippen molar-refractivity contribution in [2.45, 2.75) is 44.1 Å². The van der Waals surface area contributed by atoms with E-state index in [4.69, 9.17) is 14.0 Å². The third-order valence-electron chi connectivity index (χ3n) is 4.35. The minimum absolute atomic E-state index is 0.107. The lowest BCUT2D eigenvalue weighted by Gasteiger charge is -2.10. The molecule has 6 heteroatoms. The van der Waals surface area contributed by atoms with Crippen LogP contribution in [0.3, 0.4) is 0 Å². The summed E-state index contributed by atoms with van der Waals surface area (Å²) in [7, 11) is -4.14. The van der Waals surface area contributed by atoms with Crippen molar-refractivity contribution in [3.63, 3.8) is 0 Å². The first-order chi connectivity index (χ1) is 12.4. The zero-order valence-corrected chi connectivity index (χ0v) is 16.0. The van der Waals surface area contributed by atoms with Gasteiger partial charge in [0.1, 0.15) is 6.79 Å². The Balaban J connectivity index is 1.65. The van der Waals surface area contributed by atoms with Crippen LogP contribution in [0.4, 0.5) is 0 Å². The Morgan fingerprint density at radius 2 is 1.58 bits per heavy atom. The van der Waals surface area contributed by atoms with Crippen molar-refractivity contribution in [3.05, 3.63) is 65.2 Å². The van der Waals surface area contributed by atoms with Gasteiger partial charge in [-0.3, -0.25) is 4.55 Å². The predicted molar refractivity (Wildman–Crippen MR) is 101 cm³/mol. The van der Waals surface area contributed by atoms with Crippen molar-refractivity contribution < 1.29 is 22.4 Å². The maximum Gasteiger partial charge on any atom is 0.294 e. The topological polar surface area (TPSA) is 72.8 Å². The summed E-state index contributed by atoms with van der Waals surface area (Å²) in [4.78, 5) is -0.107. The number of rotatable bonds is 10. The molecule has 1 N–H and O–H groups in total. The van der Waals surface area contributed by atoms with Gasteiger partial charge < -0.3 is 9.47 Å². The first-order valence-corrected chi connectivity index (χ1v) is 10.1. The Bertz CT molecular complexity index is 767. The van der Waals surface area contributed by atoms with E-state index in [1.807, 2.05) is 0 Å². The average Bonchev–Trinajstić information content (AvgIpc) is 2.64. The lowest BCUT2D eigenvalue weighted by Crippen LogP contribution is -2.04. The van der Waals surface area contributed by atoms with Gasteiger partial charge in [-0.05, 0) is 47.6 Å². The number of hydrogen-bond donors (Lipinski definition) is 1. The summed E-state index contributed by atoms with van der Waals surface area (Å²) in [5.41, 5.74) is 3.38. The molecule has 0 saturated carbocycles. The first-order valence-electron chi connectivity index (χ1n) is 8.71. The van der Waals surface area contributed by atoms with Crippen LogP contribution in [0.5, 0.6) is 0 Å². The molecule has 2 rings (SSSR count). The van der Waals surface area contributed by atoms with Crippen molar-refractivity contribution >= 4 is 10.1 Å². The molecular formula is C20H26O5S. The van der Waals surface area contributed by atoms with Gasteiger partial charge in [-0.25, -0.2) is 0 Å². The molecule has 0 aliphatic carbocycles. The Hall–Kier alpha value is -1.73. The number of benzene rings is 2. The average molecular weight is 378 g/mol. The van der Waals surface area contributed by atoms with Crippen LogP contribution in [0.15, 0.2) is 53.4 Å². The molecule has 26 heavy (non-hydrogen) atoms. The fraction of sp³-hybridized carbons (Fsp3) is 0.400. The fourth-order valence-electron chi connectivity index (χ4n) is 2.47. The van der Waals surface area contributed by atoms with Gasteiger partial charge >= 0.3 is 0 Å². The summed E-state index contributed by atoms with van der Waals surface area (Å²) in [6.07, 6.45) is 1.76. The van der Waals surface area contributed by atoms with Crippen molar-refractivity contribution in [1.29, 1.82) is 0 Å². The van der Waals surface area contributed by atoms with Crippen LogP contribution in [0.25, 0.3) is 0 Å². The van der Waals surface area contributed by atoms with Gasteiger partial charge in [-0.2, -0.15) is 8.42 Å². The Morgan fingerprint density at radius 1 is 0.962 bits per heavy atom. The van der Waals surface area contributed by atoms with E-state index in [1.54, 1.807) is 12.1 Å². The summed E-state index contributed by atoms with van der Waals surface area (Å²) < 4.78 is 41.8. The normalized spacial score (nSPS) is 12.9. The Labute approximate surface area is 155 Å². The molecule has 0 aliphatic heterocycles. The highest BCUT2D eigenvalue weighted by atomic mass is 32.2. The second-order valence-electron chi connectivity index (χ2n) is 6.29.